The molecule has 0 saturated heterocycles. The van der Waals surface area contributed by atoms with Crippen molar-refractivity contribution >= 4 is 23.0 Å². The van der Waals surface area contributed by atoms with Crippen LogP contribution in [0.4, 0.5) is 5.69 Å². The highest BCUT2D eigenvalue weighted by Crippen LogP contribution is 2.35. The molecule has 3 rings (SSSR count). The molecule has 0 unspecified atom stereocenters. The van der Waals surface area contributed by atoms with E-state index in [0.29, 0.717) is 12.3 Å². The number of carbonyl (C=O) groups excluding carboxylic acids is 1. The van der Waals surface area contributed by atoms with Gasteiger partial charge < -0.3 is 14.2 Å². The molecule has 2 aromatic carbocycles. The average molecular weight is 428 g/mol. The topological polar surface area (TPSA) is 101 Å². The van der Waals surface area contributed by atoms with E-state index in [1.165, 1.54) is 24.5 Å². The number of nitro groups is 1. The fourth-order valence-corrected chi connectivity index (χ4v) is 3.52. The van der Waals surface area contributed by atoms with Crippen LogP contribution in [0.5, 0.6) is 11.5 Å². The minimum absolute atomic E-state index is 0.103. The summed E-state index contributed by atoms with van der Waals surface area (Å²) in [5.41, 5.74) is 2.05. The monoisotopic (exact) mass is 428 g/mol. The van der Waals surface area contributed by atoms with Gasteiger partial charge in [-0.1, -0.05) is 29.8 Å². The number of nitrogens with zero attached hydrogens (tertiary/aromatic N) is 2. The molecule has 0 bridgehead atoms. The average Bonchev–Trinajstić information content (AvgIpc) is 3.21. The molecule has 0 aliphatic carbocycles. The van der Waals surface area contributed by atoms with E-state index in [1.807, 2.05) is 31.2 Å². The summed E-state index contributed by atoms with van der Waals surface area (Å²) in [6.07, 6.45) is 0. The van der Waals surface area contributed by atoms with E-state index >= 15 is 0 Å². The summed E-state index contributed by atoms with van der Waals surface area (Å²) < 4.78 is 15.8. The fourth-order valence-electron chi connectivity index (χ4n) is 2.71. The molecule has 0 aliphatic heterocycles. The van der Waals surface area contributed by atoms with Crippen molar-refractivity contribution in [2.45, 2.75) is 20.5 Å². The van der Waals surface area contributed by atoms with Crippen LogP contribution in [0.25, 0.3) is 10.6 Å². The maximum atomic E-state index is 12.5. The normalized spacial score (nSPS) is 10.5. The van der Waals surface area contributed by atoms with Gasteiger partial charge in [0.2, 0.25) is 0 Å². The predicted octanol–water partition coefficient (Wildman–Crippen LogP) is 4.79. The van der Waals surface area contributed by atoms with Gasteiger partial charge in [-0.05, 0) is 13.8 Å². The Kier molecular flexibility index (Phi) is 6.63. The number of hydrogen-bond donors (Lipinski definition) is 0. The smallest absolute Gasteiger partial charge is 0.345 e. The van der Waals surface area contributed by atoms with Gasteiger partial charge in [0.25, 0.3) is 5.69 Å². The first-order chi connectivity index (χ1) is 14.4. The van der Waals surface area contributed by atoms with Crippen LogP contribution in [0.2, 0.25) is 0 Å². The molecule has 0 amide bonds. The van der Waals surface area contributed by atoms with E-state index in [2.05, 4.69) is 4.98 Å². The van der Waals surface area contributed by atoms with Crippen molar-refractivity contribution in [3.05, 3.63) is 68.7 Å². The maximum absolute atomic E-state index is 12.5. The number of aromatic nitrogens is 1. The van der Waals surface area contributed by atoms with Crippen LogP contribution in [0.3, 0.4) is 0 Å². The van der Waals surface area contributed by atoms with Crippen molar-refractivity contribution in [1.82, 2.24) is 4.98 Å². The molecule has 0 fully saturated rings. The van der Waals surface area contributed by atoms with Crippen molar-refractivity contribution in [2.24, 2.45) is 0 Å². The Balaban J connectivity index is 1.77. The van der Waals surface area contributed by atoms with Crippen LogP contribution in [0, 0.1) is 17.0 Å². The zero-order valence-electron chi connectivity index (χ0n) is 16.7. The second kappa shape index (κ2) is 9.36. The van der Waals surface area contributed by atoms with Gasteiger partial charge in [0.05, 0.1) is 30.4 Å². The lowest BCUT2D eigenvalue weighted by Gasteiger charge is -2.11. The zero-order chi connectivity index (χ0) is 21.7. The first-order valence-corrected chi connectivity index (χ1v) is 9.98. The maximum Gasteiger partial charge on any atom is 0.345 e. The molecule has 0 atom stereocenters. The van der Waals surface area contributed by atoms with Gasteiger partial charge >= 0.3 is 5.97 Å². The lowest BCUT2D eigenvalue weighted by molar-refractivity contribution is -0.385. The van der Waals surface area contributed by atoms with Gasteiger partial charge in [0.15, 0.2) is 11.5 Å². The molecule has 3 aromatic rings. The lowest BCUT2D eigenvalue weighted by Crippen LogP contribution is -2.10. The van der Waals surface area contributed by atoms with Gasteiger partial charge in [-0.25, -0.2) is 9.78 Å². The Morgan fingerprint density at radius 3 is 2.57 bits per heavy atom. The van der Waals surface area contributed by atoms with Gasteiger partial charge in [0, 0.05) is 17.0 Å². The predicted molar refractivity (Wildman–Crippen MR) is 112 cm³/mol. The Morgan fingerprint density at radius 2 is 1.93 bits per heavy atom. The van der Waals surface area contributed by atoms with Crippen molar-refractivity contribution < 1.29 is 23.9 Å². The molecule has 8 nitrogen and oxygen atoms in total. The quantitative estimate of drug-likeness (QED) is 0.289. The number of rotatable bonds is 8. The molecular formula is C21H20N2O6S. The lowest BCUT2D eigenvalue weighted by atomic mass is 10.1. The number of thiazole rings is 1. The van der Waals surface area contributed by atoms with Gasteiger partial charge in [-0.3, -0.25) is 10.1 Å². The summed E-state index contributed by atoms with van der Waals surface area (Å²) >= 11 is 1.43. The van der Waals surface area contributed by atoms with E-state index in [9.17, 15) is 14.9 Å². The summed E-state index contributed by atoms with van der Waals surface area (Å²) in [5, 5.41) is 14.0. The van der Waals surface area contributed by atoms with Crippen molar-refractivity contribution in [3.8, 4) is 22.1 Å². The van der Waals surface area contributed by atoms with Gasteiger partial charge in [0.1, 0.15) is 17.2 Å². The first kappa shape index (κ1) is 21.3. The molecular weight excluding hydrogens is 408 g/mol. The number of carbonyl (C=O) groups is 1. The number of aryl methyl sites for hydroxylation is 1. The number of methoxy groups -OCH3 is 1. The summed E-state index contributed by atoms with van der Waals surface area (Å²) in [6.45, 7) is 3.94. The molecule has 1 aromatic heterocycles. The van der Waals surface area contributed by atoms with E-state index in [1.54, 1.807) is 12.3 Å². The minimum Gasteiger partial charge on any atom is -0.493 e. The minimum atomic E-state index is -0.840. The molecule has 0 radical (unpaired) electrons. The third-order valence-corrected chi connectivity index (χ3v) is 5.14. The van der Waals surface area contributed by atoms with Crippen LogP contribution in [-0.2, 0) is 11.3 Å². The summed E-state index contributed by atoms with van der Waals surface area (Å²) in [5.74, 6) is -0.442. The van der Waals surface area contributed by atoms with E-state index in [4.69, 9.17) is 14.2 Å². The van der Waals surface area contributed by atoms with E-state index in [0.717, 1.165) is 22.2 Å². The summed E-state index contributed by atoms with van der Waals surface area (Å²) in [4.78, 5) is 27.8. The number of benzene rings is 2. The molecule has 0 spiro atoms. The molecule has 0 saturated carbocycles. The SMILES string of the molecule is CCOc1cc([N+](=O)[O-])c(C(=O)OCc2csc(-c3ccc(C)cc3)n2)cc1OC. The Morgan fingerprint density at radius 1 is 1.20 bits per heavy atom. The third kappa shape index (κ3) is 4.74. The molecule has 156 valence electrons. The van der Waals surface area contributed by atoms with Crippen LogP contribution >= 0.6 is 11.3 Å². The van der Waals surface area contributed by atoms with Crippen LogP contribution in [-0.4, -0.2) is 29.6 Å². The highest BCUT2D eigenvalue weighted by Gasteiger charge is 2.26. The fraction of sp³-hybridized carbons (Fsp3) is 0.238. The molecule has 0 aliphatic rings. The van der Waals surface area contributed by atoms with Crippen LogP contribution in [0.15, 0.2) is 41.8 Å². The summed E-state index contributed by atoms with van der Waals surface area (Å²) in [7, 11) is 1.39. The third-order valence-electron chi connectivity index (χ3n) is 4.20. The number of ether oxygens (including phenoxy) is 3. The van der Waals surface area contributed by atoms with Crippen LogP contribution < -0.4 is 9.47 Å². The second-order valence-electron chi connectivity index (χ2n) is 6.30. The van der Waals surface area contributed by atoms with Crippen molar-refractivity contribution in [1.29, 1.82) is 0 Å². The van der Waals surface area contributed by atoms with E-state index < -0.39 is 16.6 Å². The standard InChI is InChI=1S/C21H20N2O6S/c1-4-28-19-10-17(23(25)26)16(9-18(19)27-3)21(24)29-11-15-12-30-20(22-15)14-7-5-13(2)6-8-14/h5-10,12H,4,11H2,1-3H3. The van der Waals surface area contributed by atoms with Gasteiger partial charge in [-0.15, -0.1) is 11.3 Å². The number of hydrogen-bond acceptors (Lipinski definition) is 8. The van der Waals surface area contributed by atoms with Crippen molar-refractivity contribution in [3.63, 3.8) is 0 Å². The van der Waals surface area contributed by atoms with Crippen LogP contribution in [0.1, 0.15) is 28.5 Å². The summed E-state index contributed by atoms with van der Waals surface area (Å²) in [6, 6.07) is 10.4. The highest BCUT2D eigenvalue weighted by molar-refractivity contribution is 7.13. The Hall–Kier alpha value is -3.46. The van der Waals surface area contributed by atoms with Crippen molar-refractivity contribution in [2.75, 3.05) is 13.7 Å². The van der Waals surface area contributed by atoms with E-state index in [-0.39, 0.29) is 23.7 Å². The molecule has 30 heavy (non-hydrogen) atoms. The number of nitro benzene ring substituents is 1. The Bertz CT molecular complexity index is 1060. The molecule has 9 heteroatoms. The first-order valence-electron chi connectivity index (χ1n) is 9.10. The zero-order valence-corrected chi connectivity index (χ0v) is 17.5. The Labute approximate surface area is 177 Å². The highest BCUT2D eigenvalue weighted by atomic mass is 32.1. The van der Waals surface area contributed by atoms with Gasteiger partial charge in [-0.2, -0.15) is 0 Å². The largest absolute Gasteiger partial charge is 0.493 e. The molecule has 0 N–H and O–H groups in total. The number of esters is 1. The second-order valence-corrected chi connectivity index (χ2v) is 7.15. The molecule has 1 heterocycles.